The lowest BCUT2D eigenvalue weighted by atomic mass is 10.1. The van der Waals surface area contributed by atoms with Crippen LogP contribution in [0.3, 0.4) is 0 Å². The summed E-state index contributed by atoms with van der Waals surface area (Å²) in [6, 6.07) is 12.6. The number of nitrogens with zero attached hydrogens (tertiary/aromatic N) is 1. The first kappa shape index (κ1) is 17.1. The molecule has 0 radical (unpaired) electrons. The molecule has 7 heteroatoms. The van der Waals surface area contributed by atoms with Gasteiger partial charge in [-0.3, -0.25) is 0 Å². The van der Waals surface area contributed by atoms with Crippen molar-refractivity contribution in [2.75, 3.05) is 0 Å². The topological polar surface area (TPSA) is 45.7 Å². The molecule has 3 aromatic rings. The zero-order chi connectivity index (χ0) is 18.0. The number of hydrogen-bond acceptors (Lipinski definition) is 3. The van der Waals surface area contributed by atoms with Gasteiger partial charge in [0.25, 0.3) is 0 Å². The molecule has 0 aliphatic carbocycles. The van der Waals surface area contributed by atoms with Crippen molar-refractivity contribution < 1.29 is 22.7 Å². The summed E-state index contributed by atoms with van der Waals surface area (Å²) in [6.07, 6.45) is -3.21. The SMILES string of the molecule is Oc1cccc(Cl)c1N=Cc1ccc(-c2ccccc2C(F)(F)F)o1. The molecular formula is C18H11ClF3NO2. The largest absolute Gasteiger partial charge is 0.506 e. The first-order chi connectivity index (χ1) is 11.9. The maximum atomic E-state index is 13.1. The Labute approximate surface area is 146 Å². The molecule has 0 aliphatic heterocycles. The third kappa shape index (κ3) is 3.69. The van der Waals surface area contributed by atoms with Gasteiger partial charge in [0.05, 0.1) is 16.8 Å². The number of aromatic hydroxyl groups is 1. The molecule has 0 unspecified atom stereocenters. The fraction of sp³-hybridized carbons (Fsp3) is 0.0556. The Morgan fingerprint density at radius 2 is 1.76 bits per heavy atom. The van der Waals surface area contributed by atoms with E-state index in [-0.39, 0.29) is 33.5 Å². The molecule has 0 saturated carbocycles. The summed E-state index contributed by atoms with van der Waals surface area (Å²) in [5.41, 5.74) is -0.690. The van der Waals surface area contributed by atoms with Crippen molar-refractivity contribution in [3.8, 4) is 17.1 Å². The molecule has 0 aliphatic rings. The maximum Gasteiger partial charge on any atom is 0.417 e. The molecule has 0 spiro atoms. The molecule has 0 fully saturated rings. The van der Waals surface area contributed by atoms with Crippen LogP contribution < -0.4 is 0 Å². The van der Waals surface area contributed by atoms with Gasteiger partial charge >= 0.3 is 6.18 Å². The van der Waals surface area contributed by atoms with Crippen molar-refractivity contribution in [2.24, 2.45) is 4.99 Å². The van der Waals surface area contributed by atoms with E-state index in [1.54, 1.807) is 12.1 Å². The average Bonchev–Trinajstić information content (AvgIpc) is 3.02. The highest BCUT2D eigenvalue weighted by Gasteiger charge is 2.34. The first-order valence-electron chi connectivity index (χ1n) is 7.14. The van der Waals surface area contributed by atoms with Crippen molar-refractivity contribution in [2.45, 2.75) is 6.18 Å². The lowest BCUT2D eigenvalue weighted by Gasteiger charge is -2.10. The Morgan fingerprint density at radius 1 is 1.00 bits per heavy atom. The summed E-state index contributed by atoms with van der Waals surface area (Å²) in [5.74, 6) is 0.182. The summed E-state index contributed by atoms with van der Waals surface area (Å²) in [4.78, 5) is 4.03. The van der Waals surface area contributed by atoms with Gasteiger partial charge in [-0.05, 0) is 30.3 Å². The number of phenols is 1. The molecule has 1 heterocycles. The molecule has 0 amide bonds. The molecule has 1 N–H and O–H groups in total. The van der Waals surface area contributed by atoms with Gasteiger partial charge in [0.15, 0.2) is 0 Å². The monoisotopic (exact) mass is 365 g/mol. The highest BCUT2D eigenvalue weighted by Crippen LogP contribution is 2.37. The van der Waals surface area contributed by atoms with E-state index in [4.69, 9.17) is 16.0 Å². The van der Waals surface area contributed by atoms with Crippen LogP contribution >= 0.6 is 11.6 Å². The zero-order valence-electron chi connectivity index (χ0n) is 12.6. The maximum absolute atomic E-state index is 13.1. The second-order valence-electron chi connectivity index (χ2n) is 5.11. The first-order valence-corrected chi connectivity index (χ1v) is 7.52. The van der Waals surface area contributed by atoms with E-state index in [0.717, 1.165) is 6.07 Å². The normalized spacial score (nSPS) is 12.0. The lowest BCUT2D eigenvalue weighted by molar-refractivity contribution is -0.137. The summed E-state index contributed by atoms with van der Waals surface area (Å²) in [6.45, 7) is 0. The van der Waals surface area contributed by atoms with Gasteiger partial charge in [0, 0.05) is 5.56 Å². The van der Waals surface area contributed by atoms with E-state index in [2.05, 4.69) is 4.99 Å². The van der Waals surface area contributed by atoms with Crippen LogP contribution in [0.2, 0.25) is 5.02 Å². The fourth-order valence-electron chi connectivity index (χ4n) is 2.27. The van der Waals surface area contributed by atoms with Crippen LogP contribution in [0.5, 0.6) is 5.75 Å². The Kier molecular flexibility index (Phi) is 4.55. The summed E-state index contributed by atoms with van der Waals surface area (Å²) in [7, 11) is 0. The summed E-state index contributed by atoms with van der Waals surface area (Å²) < 4.78 is 44.7. The van der Waals surface area contributed by atoms with Crippen LogP contribution in [0.15, 0.2) is 64.0 Å². The molecule has 3 nitrogen and oxygen atoms in total. The van der Waals surface area contributed by atoms with Crippen LogP contribution in [-0.2, 0) is 6.18 Å². The van der Waals surface area contributed by atoms with E-state index in [1.807, 2.05) is 0 Å². The number of para-hydroxylation sites is 1. The van der Waals surface area contributed by atoms with Crippen molar-refractivity contribution >= 4 is 23.5 Å². The van der Waals surface area contributed by atoms with Gasteiger partial charge in [-0.15, -0.1) is 0 Å². The Hall–Kier alpha value is -2.73. The van der Waals surface area contributed by atoms with Gasteiger partial charge in [0.1, 0.15) is 23.0 Å². The summed E-state index contributed by atoms with van der Waals surface area (Å²) >= 11 is 5.94. The average molecular weight is 366 g/mol. The number of phenolic OH excluding ortho intramolecular Hbond substituents is 1. The second kappa shape index (κ2) is 6.64. The quantitative estimate of drug-likeness (QED) is 0.572. The van der Waals surface area contributed by atoms with Crippen molar-refractivity contribution in [1.29, 1.82) is 0 Å². The van der Waals surface area contributed by atoms with E-state index in [0.29, 0.717) is 0 Å². The highest BCUT2D eigenvalue weighted by molar-refractivity contribution is 6.33. The van der Waals surface area contributed by atoms with Gasteiger partial charge < -0.3 is 9.52 Å². The number of hydrogen-bond donors (Lipinski definition) is 1. The van der Waals surface area contributed by atoms with Gasteiger partial charge in [0.2, 0.25) is 0 Å². The minimum Gasteiger partial charge on any atom is -0.506 e. The van der Waals surface area contributed by atoms with Crippen molar-refractivity contribution in [1.82, 2.24) is 0 Å². The number of alkyl halides is 3. The predicted molar refractivity (Wildman–Crippen MR) is 89.5 cm³/mol. The Morgan fingerprint density at radius 3 is 2.48 bits per heavy atom. The van der Waals surface area contributed by atoms with E-state index in [9.17, 15) is 18.3 Å². The number of benzene rings is 2. The third-order valence-electron chi connectivity index (χ3n) is 3.41. The van der Waals surface area contributed by atoms with Gasteiger partial charge in [-0.2, -0.15) is 13.2 Å². The van der Waals surface area contributed by atoms with E-state index in [1.165, 1.54) is 42.6 Å². The Balaban J connectivity index is 1.93. The molecule has 1 aromatic heterocycles. The van der Waals surface area contributed by atoms with Crippen molar-refractivity contribution in [3.05, 3.63) is 70.9 Å². The predicted octanol–water partition coefficient (Wildman–Crippen LogP) is 6.08. The van der Waals surface area contributed by atoms with Gasteiger partial charge in [-0.1, -0.05) is 35.9 Å². The molecule has 128 valence electrons. The lowest BCUT2D eigenvalue weighted by Crippen LogP contribution is -2.06. The molecule has 0 atom stereocenters. The highest BCUT2D eigenvalue weighted by atomic mass is 35.5. The minimum absolute atomic E-state index is 0.0600. The van der Waals surface area contributed by atoms with Crippen LogP contribution in [0.25, 0.3) is 11.3 Å². The number of aliphatic imine (C=N–C) groups is 1. The number of rotatable bonds is 3. The molecule has 2 aromatic carbocycles. The Bertz CT molecular complexity index is 912. The number of furan rings is 1. The smallest absolute Gasteiger partial charge is 0.417 e. The number of halogens is 4. The van der Waals surface area contributed by atoms with E-state index < -0.39 is 11.7 Å². The zero-order valence-corrected chi connectivity index (χ0v) is 13.3. The standard InChI is InChI=1S/C18H11ClF3NO2/c19-14-6-3-7-15(24)17(14)23-10-11-8-9-16(25-11)12-4-1-2-5-13(12)18(20,21)22/h1-10,24H. The van der Waals surface area contributed by atoms with Crippen LogP contribution in [-0.4, -0.2) is 11.3 Å². The molecular weight excluding hydrogens is 355 g/mol. The minimum atomic E-state index is -4.49. The van der Waals surface area contributed by atoms with Crippen LogP contribution in [0, 0.1) is 0 Å². The molecule has 0 bridgehead atoms. The van der Waals surface area contributed by atoms with Crippen molar-refractivity contribution in [3.63, 3.8) is 0 Å². The molecule has 0 saturated heterocycles. The second-order valence-corrected chi connectivity index (χ2v) is 5.52. The van der Waals surface area contributed by atoms with Gasteiger partial charge in [-0.25, -0.2) is 4.99 Å². The van der Waals surface area contributed by atoms with E-state index >= 15 is 0 Å². The third-order valence-corrected chi connectivity index (χ3v) is 3.72. The summed E-state index contributed by atoms with van der Waals surface area (Å²) in [5, 5.41) is 9.97. The molecule has 25 heavy (non-hydrogen) atoms. The van der Waals surface area contributed by atoms with Crippen LogP contribution in [0.1, 0.15) is 11.3 Å². The van der Waals surface area contributed by atoms with Crippen LogP contribution in [0.4, 0.5) is 18.9 Å². The molecule has 3 rings (SSSR count). The fourth-order valence-corrected chi connectivity index (χ4v) is 2.49.